The third-order valence-corrected chi connectivity index (χ3v) is 5.56. The van der Waals surface area contributed by atoms with Crippen LogP contribution in [0, 0.1) is 0 Å². The van der Waals surface area contributed by atoms with Crippen LogP contribution in [-0.2, 0) is 30.7 Å². The summed E-state index contributed by atoms with van der Waals surface area (Å²) in [5.41, 5.74) is 3.65. The quantitative estimate of drug-likeness (QED) is 0.449. The summed E-state index contributed by atoms with van der Waals surface area (Å²) in [4.78, 5) is 4.51. The van der Waals surface area contributed by atoms with Gasteiger partial charge >= 0.3 is 0 Å². The Balaban J connectivity index is 1.27. The zero-order valence-corrected chi connectivity index (χ0v) is 17.6. The van der Waals surface area contributed by atoms with Crippen LogP contribution in [0.1, 0.15) is 28.8 Å². The van der Waals surface area contributed by atoms with Crippen LogP contribution in [0.4, 0.5) is 0 Å². The Kier molecular flexibility index (Phi) is 5.40. The zero-order valence-electron chi connectivity index (χ0n) is 16.9. The minimum absolute atomic E-state index is 0.107. The fraction of sp³-hybridized carbons (Fsp3) is 0.273. The lowest BCUT2D eigenvalue weighted by Gasteiger charge is -2.24. The predicted molar refractivity (Wildman–Crippen MR) is 113 cm³/mol. The third-order valence-electron chi connectivity index (χ3n) is 5.31. The van der Waals surface area contributed by atoms with E-state index >= 15 is 0 Å². The van der Waals surface area contributed by atoms with Gasteiger partial charge in [-0.15, -0.1) is 5.10 Å². The summed E-state index contributed by atoms with van der Waals surface area (Å²) >= 11 is 5.98. The first-order valence-corrected chi connectivity index (χ1v) is 10.3. The Hall–Kier alpha value is -3.23. The van der Waals surface area contributed by atoms with Crippen molar-refractivity contribution >= 4 is 11.6 Å². The van der Waals surface area contributed by atoms with Crippen molar-refractivity contribution in [3.8, 4) is 17.3 Å². The molecular formula is C22H20ClN5O3. The fourth-order valence-electron chi connectivity index (χ4n) is 3.56. The number of ether oxygens (including phenoxy) is 2. The largest absolute Gasteiger partial charge is 0.497 e. The highest BCUT2D eigenvalue weighted by Crippen LogP contribution is 2.30. The summed E-state index contributed by atoms with van der Waals surface area (Å²) in [7, 11) is 1.65. The van der Waals surface area contributed by atoms with Crippen molar-refractivity contribution in [1.29, 1.82) is 0 Å². The summed E-state index contributed by atoms with van der Waals surface area (Å²) in [6.07, 6.45) is 1.32. The van der Waals surface area contributed by atoms with Crippen molar-refractivity contribution < 1.29 is 14.0 Å². The highest BCUT2D eigenvalue weighted by molar-refractivity contribution is 6.30. The van der Waals surface area contributed by atoms with E-state index in [1.807, 2.05) is 53.2 Å². The maximum atomic E-state index is 6.04. The SMILES string of the molecule is COc1ccc(CCc2nc(-c3nnn4c3COC(c3ccc(Cl)cc3)C4)no2)cc1. The Morgan fingerprint density at radius 1 is 1.10 bits per heavy atom. The Morgan fingerprint density at radius 2 is 1.90 bits per heavy atom. The maximum Gasteiger partial charge on any atom is 0.227 e. The summed E-state index contributed by atoms with van der Waals surface area (Å²) in [6.45, 7) is 0.928. The number of rotatable bonds is 6. The summed E-state index contributed by atoms with van der Waals surface area (Å²) in [5.74, 6) is 1.82. The van der Waals surface area contributed by atoms with Gasteiger partial charge in [-0.25, -0.2) is 4.68 Å². The Labute approximate surface area is 183 Å². The highest BCUT2D eigenvalue weighted by Gasteiger charge is 2.27. The van der Waals surface area contributed by atoms with Crippen molar-refractivity contribution in [2.45, 2.75) is 32.1 Å². The number of hydrogen-bond acceptors (Lipinski definition) is 7. The van der Waals surface area contributed by atoms with Crippen LogP contribution in [-0.4, -0.2) is 32.2 Å². The van der Waals surface area contributed by atoms with Gasteiger partial charge in [-0.1, -0.05) is 46.2 Å². The first-order valence-electron chi connectivity index (χ1n) is 9.95. The lowest BCUT2D eigenvalue weighted by atomic mass is 10.1. The zero-order chi connectivity index (χ0) is 21.2. The second-order valence-corrected chi connectivity index (χ2v) is 7.71. The molecular weight excluding hydrogens is 418 g/mol. The molecule has 0 aliphatic carbocycles. The minimum atomic E-state index is -0.107. The normalized spacial score (nSPS) is 15.6. The van der Waals surface area contributed by atoms with Crippen molar-refractivity contribution in [2.24, 2.45) is 0 Å². The molecule has 0 bridgehead atoms. The van der Waals surface area contributed by atoms with Crippen LogP contribution in [0.25, 0.3) is 11.5 Å². The van der Waals surface area contributed by atoms with Gasteiger partial charge in [0.1, 0.15) is 11.9 Å². The molecule has 1 aliphatic heterocycles. The van der Waals surface area contributed by atoms with Crippen molar-refractivity contribution in [1.82, 2.24) is 25.1 Å². The van der Waals surface area contributed by atoms with Gasteiger partial charge in [0.05, 0.1) is 26.0 Å². The molecule has 9 heteroatoms. The van der Waals surface area contributed by atoms with Gasteiger partial charge in [0.2, 0.25) is 11.7 Å². The number of aryl methyl sites for hydroxylation is 2. The van der Waals surface area contributed by atoms with Crippen molar-refractivity contribution in [3.05, 3.63) is 76.3 Å². The van der Waals surface area contributed by atoms with Crippen molar-refractivity contribution in [2.75, 3.05) is 7.11 Å². The molecule has 5 rings (SSSR count). The molecule has 0 saturated heterocycles. The van der Waals surface area contributed by atoms with Gasteiger partial charge in [-0.3, -0.25) is 0 Å². The predicted octanol–water partition coefficient (Wildman–Crippen LogP) is 4.05. The van der Waals surface area contributed by atoms with Gasteiger partial charge < -0.3 is 14.0 Å². The molecule has 0 N–H and O–H groups in total. The average Bonchev–Trinajstić information content (AvgIpc) is 3.45. The van der Waals surface area contributed by atoms with E-state index in [0.29, 0.717) is 42.0 Å². The highest BCUT2D eigenvalue weighted by atomic mass is 35.5. The smallest absolute Gasteiger partial charge is 0.227 e. The average molecular weight is 438 g/mol. The number of methoxy groups -OCH3 is 1. The van der Waals surface area contributed by atoms with Crippen molar-refractivity contribution in [3.63, 3.8) is 0 Å². The van der Waals surface area contributed by atoms with Crippen LogP contribution >= 0.6 is 11.6 Å². The van der Waals surface area contributed by atoms with Crippen LogP contribution in [0.2, 0.25) is 5.02 Å². The lowest BCUT2D eigenvalue weighted by Crippen LogP contribution is -2.22. The molecule has 0 fully saturated rings. The molecule has 2 aromatic heterocycles. The molecule has 3 heterocycles. The van der Waals surface area contributed by atoms with Crippen LogP contribution < -0.4 is 4.74 Å². The molecule has 0 saturated carbocycles. The van der Waals surface area contributed by atoms with Gasteiger partial charge in [0.15, 0.2) is 5.69 Å². The summed E-state index contributed by atoms with van der Waals surface area (Å²) in [6, 6.07) is 15.6. The maximum absolute atomic E-state index is 6.04. The summed E-state index contributed by atoms with van der Waals surface area (Å²) < 4.78 is 18.5. The molecule has 31 heavy (non-hydrogen) atoms. The van der Waals surface area contributed by atoms with Gasteiger partial charge in [0.25, 0.3) is 0 Å². The molecule has 0 spiro atoms. The van der Waals surface area contributed by atoms with E-state index in [0.717, 1.165) is 23.4 Å². The molecule has 1 unspecified atom stereocenters. The van der Waals surface area contributed by atoms with E-state index in [2.05, 4.69) is 20.5 Å². The topological polar surface area (TPSA) is 88.1 Å². The van der Waals surface area contributed by atoms with E-state index in [9.17, 15) is 0 Å². The van der Waals surface area contributed by atoms with E-state index in [4.69, 9.17) is 25.6 Å². The fourth-order valence-corrected chi connectivity index (χ4v) is 3.69. The first kappa shape index (κ1) is 19.7. The Morgan fingerprint density at radius 3 is 2.68 bits per heavy atom. The van der Waals surface area contributed by atoms with Gasteiger partial charge in [0, 0.05) is 11.4 Å². The standard InChI is InChI=1S/C22H20ClN5O3/c1-29-17-9-2-14(3-10-17)4-11-20-24-22(26-31-20)21-18-13-30-19(12-28(18)27-25-21)15-5-7-16(23)8-6-15/h2-3,5-10,19H,4,11-13H2,1H3. The number of hydrogen-bond donors (Lipinski definition) is 0. The molecule has 0 amide bonds. The van der Waals surface area contributed by atoms with E-state index in [1.165, 1.54) is 5.56 Å². The number of fused-ring (bicyclic) bond motifs is 1. The van der Waals surface area contributed by atoms with Crippen LogP contribution in [0.3, 0.4) is 0 Å². The summed E-state index contributed by atoms with van der Waals surface area (Å²) in [5, 5.41) is 13.3. The molecule has 0 radical (unpaired) electrons. The molecule has 1 atom stereocenters. The first-order chi connectivity index (χ1) is 15.2. The molecule has 1 aliphatic rings. The second kappa shape index (κ2) is 8.49. The monoisotopic (exact) mass is 437 g/mol. The number of nitrogens with zero attached hydrogens (tertiary/aromatic N) is 5. The number of aromatic nitrogens is 5. The molecule has 2 aromatic carbocycles. The van der Waals surface area contributed by atoms with Gasteiger partial charge in [-0.2, -0.15) is 4.98 Å². The number of halogens is 1. The van der Waals surface area contributed by atoms with E-state index in [1.54, 1.807) is 7.11 Å². The van der Waals surface area contributed by atoms with Gasteiger partial charge in [-0.05, 0) is 41.8 Å². The second-order valence-electron chi connectivity index (χ2n) is 7.28. The van der Waals surface area contributed by atoms with E-state index < -0.39 is 0 Å². The molecule has 158 valence electrons. The minimum Gasteiger partial charge on any atom is -0.497 e. The number of benzene rings is 2. The van der Waals surface area contributed by atoms with Crippen LogP contribution in [0.5, 0.6) is 5.75 Å². The molecule has 8 nitrogen and oxygen atoms in total. The van der Waals surface area contributed by atoms with Crippen LogP contribution in [0.15, 0.2) is 53.1 Å². The lowest BCUT2D eigenvalue weighted by molar-refractivity contribution is -0.00111. The van der Waals surface area contributed by atoms with E-state index in [-0.39, 0.29) is 6.10 Å². The Bertz CT molecular complexity index is 1170. The molecule has 4 aromatic rings. The third kappa shape index (κ3) is 4.17.